The van der Waals surface area contributed by atoms with E-state index >= 15 is 0 Å². The summed E-state index contributed by atoms with van der Waals surface area (Å²) in [6.07, 6.45) is 4.15. The van der Waals surface area contributed by atoms with Crippen LogP contribution < -0.4 is 0 Å². The van der Waals surface area contributed by atoms with Crippen molar-refractivity contribution in [3.63, 3.8) is 0 Å². The molecule has 1 aromatic carbocycles. The molecule has 136 valence electrons. The highest BCUT2D eigenvalue weighted by atomic mass is 79.9. The van der Waals surface area contributed by atoms with Gasteiger partial charge < -0.3 is 0 Å². The van der Waals surface area contributed by atoms with E-state index in [2.05, 4.69) is 15.9 Å². The Morgan fingerprint density at radius 3 is 2.44 bits per heavy atom. The molecule has 4 bridgehead atoms. The average molecular weight is 430 g/mol. The molecular formula is C17H20BrNO5S. The molecule has 6 nitrogen and oxygen atoms in total. The van der Waals surface area contributed by atoms with E-state index in [0.717, 1.165) is 24.6 Å². The molecule has 0 amide bonds. The van der Waals surface area contributed by atoms with Gasteiger partial charge in [-0.1, -0.05) is 15.9 Å². The topological polar surface area (TPSA) is 86.5 Å². The van der Waals surface area contributed by atoms with E-state index in [9.17, 15) is 18.5 Å². The quantitative estimate of drug-likeness (QED) is 0.307. The van der Waals surface area contributed by atoms with Gasteiger partial charge in [-0.05, 0) is 67.4 Å². The third-order valence-corrected chi connectivity index (χ3v) is 8.35. The monoisotopic (exact) mass is 429 g/mol. The highest BCUT2D eigenvalue weighted by Gasteiger charge is 2.54. The zero-order valence-corrected chi connectivity index (χ0v) is 16.0. The molecule has 6 atom stereocenters. The first-order chi connectivity index (χ1) is 11.9. The molecule has 0 spiro atoms. The lowest BCUT2D eigenvalue weighted by molar-refractivity contribution is -0.384. The Balaban J connectivity index is 1.57. The van der Waals surface area contributed by atoms with Gasteiger partial charge in [0.1, 0.15) is 0 Å². The predicted molar refractivity (Wildman–Crippen MR) is 94.9 cm³/mol. The van der Waals surface area contributed by atoms with Crippen LogP contribution in [0.2, 0.25) is 0 Å². The van der Waals surface area contributed by atoms with Gasteiger partial charge in [0, 0.05) is 17.5 Å². The molecule has 4 fully saturated rings. The number of halogens is 1. The maximum atomic E-state index is 12.7. The minimum absolute atomic E-state index is 0.0118. The summed E-state index contributed by atoms with van der Waals surface area (Å²) < 4.78 is 31.1. The maximum absolute atomic E-state index is 12.7. The fourth-order valence-electron chi connectivity index (χ4n) is 5.31. The van der Waals surface area contributed by atoms with Crippen LogP contribution in [0.3, 0.4) is 0 Å². The van der Waals surface area contributed by atoms with Gasteiger partial charge in [-0.2, -0.15) is 8.42 Å². The van der Waals surface area contributed by atoms with E-state index in [1.165, 1.54) is 30.7 Å². The van der Waals surface area contributed by atoms with Crippen molar-refractivity contribution in [2.24, 2.45) is 29.6 Å². The Kier molecular flexibility index (Phi) is 4.40. The molecule has 4 saturated carbocycles. The number of benzene rings is 1. The summed E-state index contributed by atoms with van der Waals surface area (Å²) in [5.41, 5.74) is -0.132. The summed E-state index contributed by atoms with van der Waals surface area (Å²) in [5, 5.41) is 11.6. The van der Waals surface area contributed by atoms with Gasteiger partial charge in [-0.15, -0.1) is 0 Å². The number of nitrogens with zero attached hydrogens (tertiary/aromatic N) is 1. The minimum atomic E-state index is -3.92. The number of non-ortho nitro benzene ring substituents is 1. The van der Waals surface area contributed by atoms with Crippen molar-refractivity contribution in [3.8, 4) is 0 Å². The number of rotatable bonds is 5. The number of alkyl halides is 1. The van der Waals surface area contributed by atoms with E-state index in [-0.39, 0.29) is 22.6 Å². The van der Waals surface area contributed by atoms with Crippen LogP contribution in [-0.4, -0.2) is 24.8 Å². The van der Waals surface area contributed by atoms with Crippen LogP contribution in [0, 0.1) is 39.7 Å². The lowest BCUT2D eigenvalue weighted by Gasteiger charge is -2.57. The third kappa shape index (κ3) is 3.02. The van der Waals surface area contributed by atoms with Gasteiger partial charge in [0.2, 0.25) is 0 Å². The predicted octanol–water partition coefficient (Wildman–Crippen LogP) is 3.75. The second-order valence-corrected chi connectivity index (χ2v) is 9.80. The Morgan fingerprint density at radius 2 is 1.80 bits per heavy atom. The first-order valence-electron chi connectivity index (χ1n) is 8.62. The number of hydrogen-bond acceptors (Lipinski definition) is 5. The van der Waals surface area contributed by atoms with Gasteiger partial charge in [0.05, 0.1) is 15.9 Å². The fraction of sp³-hybridized carbons (Fsp3) is 0.647. The maximum Gasteiger partial charge on any atom is 0.297 e. The van der Waals surface area contributed by atoms with E-state index in [1.54, 1.807) is 0 Å². The highest BCUT2D eigenvalue weighted by molar-refractivity contribution is 9.09. The summed E-state index contributed by atoms with van der Waals surface area (Å²) in [7, 11) is -3.92. The average Bonchev–Trinajstić information content (AvgIpc) is 2.58. The normalized spacial score (nSPS) is 36.5. The van der Waals surface area contributed by atoms with Crippen molar-refractivity contribution < 1.29 is 17.5 Å². The molecule has 5 rings (SSSR count). The minimum Gasteiger partial charge on any atom is -0.262 e. The zero-order chi connectivity index (χ0) is 17.8. The van der Waals surface area contributed by atoms with E-state index < -0.39 is 15.0 Å². The van der Waals surface area contributed by atoms with E-state index in [1.807, 2.05) is 0 Å². The molecule has 0 saturated heterocycles. The summed E-state index contributed by atoms with van der Waals surface area (Å²) >= 11 is 3.61. The van der Waals surface area contributed by atoms with Crippen molar-refractivity contribution in [1.82, 2.24) is 0 Å². The number of hydrogen-bond donors (Lipinski definition) is 0. The number of nitro benzene ring substituents is 1. The molecule has 0 radical (unpaired) electrons. The smallest absolute Gasteiger partial charge is 0.262 e. The van der Waals surface area contributed by atoms with E-state index in [0.29, 0.717) is 23.7 Å². The van der Waals surface area contributed by atoms with Crippen LogP contribution >= 0.6 is 15.9 Å². The molecule has 8 heteroatoms. The Morgan fingerprint density at radius 1 is 1.12 bits per heavy atom. The highest BCUT2D eigenvalue weighted by Crippen LogP contribution is 2.58. The van der Waals surface area contributed by atoms with Gasteiger partial charge in [0.15, 0.2) is 0 Å². The lowest BCUT2D eigenvalue weighted by atomic mass is 9.51. The summed E-state index contributed by atoms with van der Waals surface area (Å²) in [4.78, 5) is 10.2. The van der Waals surface area contributed by atoms with Crippen molar-refractivity contribution in [2.75, 3.05) is 5.33 Å². The second kappa shape index (κ2) is 6.32. The van der Waals surface area contributed by atoms with Crippen molar-refractivity contribution in [3.05, 3.63) is 34.4 Å². The molecule has 0 aromatic heterocycles. The molecule has 4 aliphatic rings. The van der Waals surface area contributed by atoms with Crippen LogP contribution in [0.4, 0.5) is 5.69 Å². The Hall–Kier alpha value is -0.990. The SMILES string of the molecule is O=[N+]([O-])c1ccc(S(=O)(=O)O[C@@H]2[C@@H]3C[C@@H]4C[C@H](C3)[C@@H](CBr)[C@@H]2C4)cc1. The van der Waals surface area contributed by atoms with Crippen LogP contribution in [0.1, 0.15) is 25.7 Å². The summed E-state index contributed by atoms with van der Waals surface area (Å²) in [6.45, 7) is 0. The second-order valence-electron chi connectivity index (χ2n) is 7.58. The largest absolute Gasteiger partial charge is 0.297 e. The molecule has 0 aliphatic heterocycles. The van der Waals surface area contributed by atoms with Crippen LogP contribution in [0.5, 0.6) is 0 Å². The molecule has 0 unspecified atom stereocenters. The molecule has 1 aromatic rings. The van der Waals surface area contributed by atoms with Gasteiger partial charge in [-0.25, -0.2) is 0 Å². The van der Waals surface area contributed by atoms with Gasteiger partial charge >= 0.3 is 0 Å². The van der Waals surface area contributed by atoms with Crippen molar-refractivity contribution in [1.29, 1.82) is 0 Å². The van der Waals surface area contributed by atoms with E-state index in [4.69, 9.17) is 4.18 Å². The molecule has 4 aliphatic carbocycles. The Bertz CT molecular complexity index is 781. The first-order valence-corrected chi connectivity index (χ1v) is 11.2. The van der Waals surface area contributed by atoms with Crippen LogP contribution in [-0.2, 0) is 14.3 Å². The zero-order valence-electron chi connectivity index (χ0n) is 13.6. The third-order valence-electron chi connectivity index (χ3n) is 6.28. The molecule has 25 heavy (non-hydrogen) atoms. The molecular weight excluding hydrogens is 410 g/mol. The first kappa shape index (κ1) is 17.4. The lowest BCUT2D eigenvalue weighted by Crippen LogP contribution is -2.55. The van der Waals surface area contributed by atoms with Crippen LogP contribution in [0.25, 0.3) is 0 Å². The van der Waals surface area contributed by atoms with Crippen LogP contribution in [0.15, 0.2) is 29.2 Å². The molecule has 0 heterocycles. The molecule has 0 N–H and O–H groups in total. The van der Waals surface area contributed by atoms with Crippen molar-refractivity contribution >= 4 is 31.7 Å². The Labute approximate surface area is 155 Å². The van der Waals surface area contributed by atoms with Crippen molar-refractivity contribution in [2.45, 2.75) is 36.7 Å². The van der Waals surface area contributed by atoms with Gasteiger partial charge in [0.25, 0.3) is 15.8 Å². The summed E-state index contributed by atoms with van der Waals surface area (Å²) in [6, 6.07) is 4.92. The standard InChI is InChI=1S/C17H20BrNO5S/c18-9-16-11-5-10-6-12(8-11)17(15(16)7-10)24-25(22,23)14-3-1-13(2-4-14)19(20)21/h1-4,10-12,15-17H,5-9H2/t10-,11+,12+,15-,16+,17+/m0/s1. The number of nitro groups is 1. The summed E-state index contributed by atoms with van der Waals surface area (Å²) in [5.74, 6) is 2.47. The fourth-order valence-corrected chi connectivity index (χ4v) is 7.49. The van der Waals surface area contributed by atoms with Gasteiger partial charge in [-0.3, -0.25) is 14.3 Å².